The van der Waals surface area contributed by atoms with Gasteiger partial charge >= 0.3 is 0 Å². The van der Waals surface area contributed by atoms with Gasteiger partial charge in [0.2, 0.25) is 5.91 Å². The van der Waals surface area contributed by atoms with Crippen molar-refractivity contribution in [1.29, 1.82) is 0 Å². The maximum atomic E-state index is 13.6. The van der Waals surface area contributed by atoms with Crippen LogP contribution in [-0.4, -0.2) is 66.0 Å². The van der Waals surface area contributed by atoms with Crippen LogP contribution in [0.5, 0.6) is 0 Å². The number of benzene rings is 1. The minimum absolute atomic E-state index is 0.0919. The van der Waals surface area contributed by atoms with Crippen molar-refractivity contribution >= 4 is 17.7 Å². The lowest BCUT2D eigenvalue weighted by molar-refractivity contribution is -0.136. The number of likely N-dealkylation sites (tertiary alicyclic amines) is 1. The second-order valence-electron chi connectivity index (χ2n) is 7.46. The van der Waals surface area contributed by atoms with Crippen LogP contribution in [0.15, 0.2) is 18.2 Å². The Bertz CT molecular complexity index is 632. The highest BCUT2D eigenvalue weighted by molar-refractivity contribution is 7.99. The molecule has 0 radical (unpaired) electrons. The Labute approximate surface area is 164 Å². The quantitative estimate of drug-likeness (QED) is 0.801. The van der Waals surface area contributed by atoms with E-state index >= 15 is 0 Å². The predicted molar refractivity (Wildman–Crippen MR) is 106 cm³/mol. The predicted octanol–water partition coefficient (Wildman–Crippen LogP) is 2.87. The monoisotopic (exact) mass is 397 g/mol. The molecule has 7 heteroatoms. The van der Waals surface area contributed by atoms with Gasteiger partial charge in [0.05, 0.1) is 6.54 Å². The third kappa shape index (κ3) is 5.65. The Balaban J connectivity index is 1.67. The van der Waals surface area contributed by atoms with Gasteiger partial charge in [-0.25, -0.2) is 8.78 Å². The van der Waals surface area contributed by atoms with E-state index in [1.807, 2.05) is 16.7 Å². The molecule has 150 valence electrons. The van der Waals surface area contributed by atoms with Gasteiger partial charge in [0.1, 0.15) is 0 Å². The van der Waals surface area contributed by atoms with Crippen LogP contribution in [0.1, 0.15) is 31.2 Å². The van der Waals surface area contributed by atoms with Crippen LogP contribution in [0.3, 0.4) is 0 Å². The molecule has 2 fully saturated rings. The topological polar surface area (TPSA) is 35.6 Å². The number of nitrogens with one attached hydrogen (secondary N) is 1. The molecular formula is C20H29F2N3OS. The standard InChI is InChI=1S/C20H29F2N3OS/c1-27-17-6-10-24(11-7-17)14-20(26)25(16-4-8-23-9-5-16)13-15-2-3-18(21)19(22)12-15/h2-3,12,16-17,23H,4-11,13-14H2,1H3. The first-order valence-electron chi connectivity index (χ1n) is 9.76. The summed E-state index contributed by atoms with van der Waals surface area (Å²) in [5, 5.41) is 4.01. The minimum Gasteiger partial charge on any atom is -0.334 e. The molecule has 0 aliphatic carbocycles. The number of nitrogens with zero attached hydrogens (tertiary/aromatic N) is 2. The van der Waals surface area contributed by atoms with Gasteiger partial charge in [-0.15, -0.1) is 0 Å². The van der Waals surface area contributed by atoms with Crippen molar-refractivity contribution in [2.75, 3.05) is 39.0 Å². The number of hydrogen-bond acceptors (Lipinski definition) is 4. The molecule has 0 atom stereocenters. The summed E-state index contributed by atoms with van der Waals surface area (Å²) in [5.74, 6) is -1.62. The zero-order chi connectivity index (χ0) is 19.2. The number of rotatable bonds is 6. The summed E-state index contributed by atoms with van der Waals surface area (Å²) < 4.78 is 26.9. The molecule has 0 aromatic heterocycles. The fourth-order valence-electron chi connectivity index (χ4n) is 3.96. The molecule has 1 aromatic carbocycles. The number of amides is 1. The molecule has 0 saturated carbocycles. The van der Waals surface area contributed by atoms with Crippen molar-refractivity contribution in [2.24, 2.45) is 0 Å². The number of carbonyl (C=O) groups is 1. The average Bonchev–Trinajstić information content (AvgIpc) is 2.70. The highest BCUT2D eigenvalue weighted by atomic mass is 32.2. The van der Waals surface area contributed by atoms with Crippen LogP contribution in [-0.2, 0) is 11.3 Å². The van der Waals surface area contributed by atoms with Gasteiger partial charge in [-0.2, -0.15) is 11.8 Å². The van der Waals surface area contributed by atoms with E-state index in [9.17, 15) is 13.6 Å². The summed E-state index contributed by atoms with van der Waals surface area (Å²) >= 11 is 1.90. The summed E-state index contributed by atoms with van der Waals surface area (Å²) in [6.07, 6.45) is 6.16. The maximum absolute atomic E-state index is 13.6. The summed E-state index contributed by atoms with van der Waals surface area (Å²) in [6, 6.07) is 4.07. The van der Waals surface area contributed by atoms with Gasteiger partial charge < -0.3 is 10.2 Å². The minimum atomic E-state index is -0.857. The molecule has 1 aromatic rings. The van der Waals surface area contributed by atoms with Crippen molar-refractivity contribution in [2.45, 2.75) is 43.5 Å². The molecule has 4 nitrogen and oxygen atoms in total. The molecule has 0 unspecified atom stereocenters. The van der Waals surface area contributed by atoms with Crippen molar-refractivity contribution in [3.05, 3.63) is 35.4 Å². The van der Waals surface area contributed by atoms with E-state index in [0.29, 0.717) is 23.9 Å². The third-order valence-electron chi connectivity index (χ3n) is 5.63. The summed E-state index contributed by atoms with van der Waals surface area (Å²) in [6.45, 7) is 4.40. The summed E-state index contributed by atoms with van der Waals surface area (Å²) in [4.78, 5) is 17.2. The molecule has 27 heavy (non-hydrogen) atoms. The highest BCUT2D eigenvalue weighted by Gasteiger charge is 2.28. The lowest BCUT2D eigenvalue weighted by Crippen LogP contribution is -2.50. The van der Waals surface area contributed by atoms with Crippen LogP contribution in [0, 0.1) is 11.6 Å². The SMILES string of the molecule is CSC1CCN(CC(=O)N(Cc2ccc(F)c(F)c2)C2CCNCC2)CC1. The number of piperidine rings is 2. The van der Waals surface area contributed by atoms with E-state index in [2.05, 4.69) is 16.5 Å². The maximum Gasteiger partial charge on any atom is 0.237 e. The molecule has 2 heterocycles. The van der Waals surface area contributed by atoms with E-state index in [1.165, 1.54) is 6.07 Å². The van der Waals surface area contributed by atoms with E-state index in [-0.39, 0.29) is 11.9 Å². The van der Waals surface area contributed by atoms with Gasteiger partial charge in [0.25, 0.3) is 0 Å². The van der Waals surface area contributed by atoms with Gasteiger partial charge in [-0.3, -0.25) is 9.69 Å². The number of halogens is 2. The molecule has 1 amide bonds. The Kier molecular flexibility index (Phi) is 7.49. The Morgan fingerprint density at radius 1 is 1.19 bits per heavy atom. The molecule has 0 bridgehead atoms. The van der Waals surface area contributed by atoms with Crippen molar-refractivity contribution < 1.29 is 13.6 Å². The first kappa shape index (κ1) is 20.6. The van der Waals surface area contributed by atoms with Gasteiger partial charge in [0, 0.05) is 17.8 Å². The zero-order valence-electron chi connectivity index (χ0n) is 15.9. The number of thioether (sulfide) groups is 1. The van der Waals surface area contributed by atoms with Crippen LogP contribution in [0.2, 0.25) is 0 Å². The second kappa shape index (κ2) is 9.85. The lowest BCUT2D eigenvalue weighted by Gasteiger charge is -2.37. The van der Waals surface area contributed by atoms with E-state index in [1.54, 1.807) is 6.07 Å². The Morgan fingerprint density at radius 3 is 2.52 bits per heavy atom. The fourth-order valence-corrected chi connectivity index (χ4v) is 4.64. The third-order valence-corrected chi connectivity index (χ3v) is 6.77. The van der Waals surface area contributed by atoms with Crippen LogP contribution >= 0.6 is 11.8 Å². The number of carbonyl (C=O) groups excluding carboxylic acids is 1. The zero-order valence-corrected chi connectivity index (χ0v) is 16.7. The molecule has 2 aliphatic rings. The average molecular weight is 398 g/mol. The van der Waals surface area contributed by atoms with Gasteiger partial charge in [-0.05, 0) is 75.8 Å². The number of hydrogen-bond donors (Lipinski definition) is 1. The van der Waals surface area contributed by atoms with E-state index in [0.717, 1.165) is 57.9 Å². The van der Waals surface area contributed by atoms with E-state index in [4.69, 9.17) is 0 Å². The Hall–Kier alpha value is -1.18. The van der Waals surface area contributed by atoms with Gasteiger partial charge in [0.15, 0.2) is 11.6 Å². The molecule has 3 rings (SSSR count). The van der Waals surface area contributed by atoms with Crippen LogP contribution < -0.4 is 5.32 Å². The Morgan fingerprint density at radius 2 is 1.89 bits per heavy atom. The molecule has 2 saturated heterocycles. The molecule has 0 spiro atoms. The fraction of sp³-hybridized carbons (Fsp3) is 0.650. The van der Waals surface area contributed by atoms with Crippen LogP contribution in [0.25, 0.3) is 0 Å². The van der Waals surface area contributed by atoms with E-state index < -0.39 is 11.6 Å². The first-order chi connectivity index (χ1) is 13.1. The molecule has 1 N–H and O–H groups in total. The molecule has 2 aliphatic heterocycles. The van der Waals surface area contributed by atoms with Gasteiger partial charge in [-0.1, -0.05) is 6.07 Å². The largest absolute Gasteiger partial charge is 0.334 e. The summed E-state index contributed by atoms with van der Waals surface area (Å²) in [7, 11) is 0. The lowest BCUT2D eigenvalue weighted by atomic mass is 10.0. The van der Waals surface area contributed by atoms with Crippen molar-refractivity contribution in [3.8, 4) is 0 Å². The highest BCUT2D eigenvalue weighted by Crippen LogP contribution is 2.22. The first-order valence-corrected chi connectivity index (χ1v) is 11.0. The molecular weight excluding hydrogens is 368 g/mol. The smallest absolute Gasteiger partial charge is 0.237 e. The second-order valence-corrected chi connectivity index (χ2v) is 8.60. The summed E-state index contributed by atoms with van der Waals surface area (Å²) in [5.41, 5.74) is 0.641. The van der Waals surface area contributed by atoms with Crippen LogP contribution in [0.4, 0.5) is 8.78 Å². The van der Waals surface area contributed by atoms with Crippen molar-refractivity contribution in [3.63, 3.8) is 0 Å². The van der Waals surface area contributed by atoms with Crippen molar-refractivity contribution in [1.82, 2.24) is 15.1 Å². The normalized spacial score (nSPS) is 20.0.